The lowest BCUT2D eigenvalue weighted by molar-refractivity contribution is -0.174. The number of carbonyl (C=O) groups is 14. The number of carbonyl (C=O) groups excluding carboxylic acids is 14. The maximum Gasteiger partial charge on any atom is 0.307 e. The van der Waals surface area contributed by atoms with Crippen molar-refractivity contribution < 1.29 is 91.9 Å². The third-order valence-electron chi connectivity index (χ3n) is 16.8. The quantitative estimate of drug-likeness (QED) is 0.0292. The van der Waals surface area contributed by atoms with Gasteiger partial charge in [-0.25, -0.2) is 0 Å². The number of primary amides is 2. The van der Waals surface area contributed by atoms with E-state index in [1.807, 2.05) is 6.92 Å². The van der Waals surface area contributed by atoms with Crippen molar-refractivity contribution in [2.24, 2.45) is 23.3 Å². The van der Waals surface area contributed by atoms with Gasteiger partial charge >= 0.3 is 5.97 Å². The molecule has 11 amide bonds. The first-order valence-corrected chi connectivity index (χ1v) is 33.1. The zero-order valence-corrected chi connectivity index (χ0v) is 56.7. The third kappa shape index (κ3) is 22.0. The molecule has 0 aromatic heterocycles. The van der Waals surface area contributed by atoms with E-state index in [9.17, 15) is 77.6 Å². The SMILES string of the molecule is CCCCCCCC[C@H]1NC(=O)[C@@H](CC(C)C)NC(=O)[C@H]([C@@H](C)O)NC(=O)[C@@H](CC(C)C)NC(=O)[C@@H](CC(N)=O)NC(=O)[C@H](CC(N)=O)NC(=O)[C@H](C)NC(=O)[C@H]([C@@H](C)O)NC(=O)[C@H](CCCN2C=C3C(=O)[C@@](C)(OC(=O)CCC)C(=O)C(Cl)=C3[C@@H](O)[C@@]23CCCO3)NC1=O. The summed E-state index contributed by atoms with van der Waals surface area (Å²) in [6.45, 7) is 15.0. The number of nitrogens with two attached hydrogens (primary N) is 2. The Bertz CT molecular complexity index is 2910. The molecular weight excluding hydrogens is 1260 g/mol. The van der Waals surface area contributed by atoms with Gasteiger partial charge in [-0.15, -0.1) is 0 Å². The Labute approximate surface area is 558 Å². The molecule has 3 heterocycles. The summed E-state index contributed by atoms with van der Waals surface area (Å²) in [6, 6.07) is -15.3. The normalized spacial score (nSPS) is 28.9. The topological polar surface area (TPSA) is 482 Å². The van der Waals surface area contributed by atoms with Crippen molar-refractivity contribution in [3.05, 3.63) is 22.4 Å². The number of rotatable bonds is 24. The van der Waals surface area contributed by atoms with E-state index in [1.54, 1.807) is 34.6 Å². The smallest absolute Gasteiger partial charge is 0.307 e. The van der Waals surface area contributed by atoms with Crippen molar-refractivity contribution in [3.8, 4) is 0 Å². The molecule has 0 saturated carbocycles. The molecule has 4 aliphatic rings. The number of nitrogens with one attached hydrogen (secondary N) is 9. The fourth-order valence-electron chi connectivity index (χ4n) is 11.6. The van der Waals surface area contributed by atoms with Gasteiger partial charge in [0.1, 0.15) is 60.5 Å². The van der Waals surface area contributed by atoms with Gasteiger partial charge < -0.3 is 89.0 Å². The molecule has 0 radical (unpaired) electrons. The van der Waals surface area contributed by atoms with Crippen molar-refractivity contribution in [2.45, 2.75) is 262 Å². The summed E-state index contributed by atoms with van der Waals surface area (Å²) < 4.78 is 11.7. The molecule has 3 aliphatic heterocycles. The first-order valence-electron chi connectivity index (χ1n) is 32.7. The van der Waals surface area contributed by atoms with Crippen molar-refractivity contribution in [2.75, 3.05) is 13.2 Å². The molecule has 0 bridgehead atoms. The predicted octanol–water partition coefficient (Wildman–Crippen LogP) is -1.67. The minimum atomic E-state index is -2.42. The second-order valence-corrected chi connectivity index (χ2v) is 26.3. The molecule has 4 rings (SSSR count). The van der Waals surface area contributed by atoms with Crippen LogP contribution in [-0.4, -0.2) is 200 Å². The van der Waals surface area contributed by atoms with Crippen LogP contribution in [0.15, 0.2) is 22.4 Å². The van der Waals surface area contributed by atoms with Crippen LogP contribution in [0.1, 0.15) is 178 Å². The standard InChI is InChI=1S/C63H99ClN12O19/c1-11-13-14-15-16-17-21-37-54(86)68-38(22-18-24-76-30-36-46(51(83)63(76)23-19-25-94-63)47(64)52(84)62(10,50(36)82)95-45(81)20-12-2)55(87)74-48(34(8)77)60(92)67-33(7)53(85)70-41(28-43(65)79)57(89)72-42(29-44(66)80)58(90)71-40(27-32(5)6)59(91)75-49(35(9)78)61(93)73-39(26-31(3)4)56(88)69-37/h30-35,37-42,48-49,51,77-78,83H,11-29H2,1-10H3,(H2,65,79)(H2,66,80)(H,67,92)(H,68,86)(H,69,88)(H,70,85)(H,71,90)(H,72,89)(H,73,93)(H,74,87)(H,75,91)/t33-,34+,35+,37+,38-,39+,40+,41-,42+,48-,49-,51+,62+,63-/m0/s1. The minimum Gasteiger partial charge on any atom is -0.442 e. The van der Waals surface area contributed by atoms with Crippen molar-refractivity contribution in [1.82, 2.24) is 52.8 Å². The summed E-state index contributed by atoms with van der Waals surface area (Å²) in [5.74, 6) is -15.8. The Hall–Kier alpha value is -7.61. The lowest BCUT2D eigenvalue weighted by Gasteiger charge is -2.49. The number of Topliss-reactive ketones (excluding diaryl/α,β-unsaturated/α-hetero) is 2. The zero-order valence-electron chi connectivity index (χ0n) is 55.9. The Balaban J connectivity index is 1.89. The van der Waals surface area contributed by atoms with Crippen LogP contribution >= 0.6 is 11.6 Å². The average Bonchev–Trinajstić information content (AvgIpc) is 1.65. The highest BCUT2D eigenvalue weighted by Crippen LogP contribution is 2.48. The highest BCUT2D eigenvalue weighted by Gasteiger charge is 2.60. The van der Waals surface area contributed by atoms with Gasteiger partial charge in [-0.05, 0) is 84.5 Å². The number of unbranched alkanes of at least 4 members (excludes halogenated alkanes) is 5. The highest BCUT2D eigenvalue weighted by molar-refractivity contribution is 6.49. The van der Waals surface area contributed by atoms with Crippen LogP contribution < -0.4 is 59.3 Å². The molecule has 1 spiro atoms. The van der Waals surface area contributed by atoms with Crippen LogP contribution in [0.5, 0.6) is 0 Å². The van der Waals surface area contributed by atoms with Crippen LogP contribution in [0, 0.1) is 11.8 Å². The van der Waals surface area contributed by atoms with Gasteiger partial charge in [0.2, 0.25) is 82.1 Å². The van der Waals surface area contributed by atoms with E-state index >= 15 is 4.79 Å². The van der Waals surface area contributed by atoms with Crippen LogP contribution in [0.3, 0.4) is 0 Å². The second-order valence-electron chi connectivity index (χ2n) is 25.9. The van der Waals surface area contributed by atoms with E-state index in [4.69, 9.17) is 32.5 Å². The van der Waals surface area contributed by atoms with Crippen molar-refractivity contribution in [1.29, 1.82) is 0 Å². The predicted molar refractivity (Wildman–Crippen MR) is 341 cm³/mol. The van der Waals surface area contributed by atoms with Gasteiger partial charge in [0.05, 0.1) is 30.1 Å². The number of hydrogen-bond acceptors (Lipinski definition) is 20. The first-order chi connectivity index (χ1) is 44.5. The average molecular weight is 1360 g/mol. The summed E-state index contributed by atoms with van der Waals surface area (Å²) >= 11 is 6.67. The molecule has 1 aliphatic carbocycles. The van der Waals surface area contributed by atoms with Crippen molar-refractivity contribution in [3.63, 3.8) is 0 Å². The van der Waals surface area contributed by atoms with Crippen LogP contribution in [0.25, 0.3) is 0 Å². The minimum absolute atomic E-state index is 0.0310. The second kappa shape index (κ2) is 36.5. The summed E-state index contributed by atoms with van der Waals surface area (Å²) in [6.07, 6.45) is -1.28. The number of amides is 11. The number of aliphatic hydroxyl groups excluding tert-OH is 3. The Morgan fingerprint density at radius 1 is 0.600 bits per heavy atom. The molecule has 2 fully saturated rings. The summed E-state index contributed by atoms with van der Waals surface area (Å²) in [4.78, 5) is 196. The summed E-state index contributed by atoms with van der Waals surface area (Å²) in [5, 5.41) is 55.9. The molecule has 16 N–H and O–H groups in total. The van der Waals surface area contributed by atoms with E-state index in [2.05, 4.69) is 47.9 Å². The number of fused-ring (bicyclic) bond motifs is 1. The number of halogens is 1. The Morgan fingerprint density at radius 2 is 1.03 bits per heavy atom. The third-order valence-corrected chi connectivity index (χ3v) is 17.1. The van der Waals surface area contributed by atoms with E-state index in [-0.39, 0.29) is 81.1 Å². The number of ether oxygens (including phenoxy) is 2. The van der Waals surface area contributed by atoms with Gasteiger partial charge in [0.15, 0.2) is 5.72 Å². The van der Waals surface area contributed by atoms with E-state index < -0.39 is 184 Å². The lowest BCUT2D eigenvalue weighted by atomic mass is 9.74. The number of hydrogen-bond donors (Lipinski definition) is 14. The number of ketones is 2. The summed E-state index contributed by atoms with van der Waals surface area (Å²) in [5.41, 5.74) is 6.34. The molecule has 0 aromatic rings. The fraction of sp³-hybridized carbons (Fsp3) is 0.714. The van der Waals surface area contributed by atoms with Gasteiger partial charge in [-0.1, -0.05) is 91.7 Å². The molecule has 32 heteroatoms. The number of esters is 1. The fourth-order valence-corrected chi connectivity index (χ4v) is 12.0. The summed E-state index contributed by atoms with van der Waals surface area (Å²) in [7, 11) is 0. The van der Waals surface area contributed by atoms with Gasteiger partial charge in [0.25, 0.3) is 0 Å². The largest absolute Gasteiger partial charge is 0.442 e. The molecule has 31 nitrogen and oxygen atoms in total. The lowest BCUT2D eigenvalue weighted by Crippen LogP contribution is -2.62. The first kappa shape index (κ1) is 79.8. The zero-order chi connectivity index (χ0) is 71.4. The molecule has 14 atom stereocenters. The van der Waals surface area contributed by atoms with Crippen LogP contribution in [0.4, 0.5) is 0 Å². The monoisotopic (exact) mass is 1360 g/mol. The van der Waals surface area contributed by atoms with E-state index in [0.29, 0.717) is 25.7 Å². The molecule has 0 aromatic carbocycles. The van der Waals surface area contributed by atoms with E-state index in [0.717, 1.165) is 46.5 Å². The maximum absolute atomic E-state index is 15.0. The molecule has 95 heavy (non-hydrogen) atoms. The van der Waals surface area contributed by atoms with Crippen LogP contribution in [0.2, 0.25) is 0 Å². The van der Waals surface area contributed by atoms with E-state index in [1.165, 1.54) is 18.0 Å². The molecule has 532 valence electrons. The van der Waals surface area contributed by atoms with Gasteiger partial charge in [-0.3, -0.25) is 67.1 Å². The van der Waals surface area contributed by atoms with Gasteiger partial charge in [-0.2, -0.15) is 0 Å². The Morgan fingerprint density at radius 3 is 1.52 bits per heavy atom. The maximum atomic E-state index is 15.0. The van der Waals surface area contributed by atoms with Crippen LogP contribution in [-0.2, 0) is 76.6 Å². The number of nitrogens with zero attached hydrogens (tertiary/aromatic N) is 1. The Kier molecular flexibility index (Phi) is 30.7. The number of aliphatic hydroxyl groups is 3. The molecule has 2 saturated heterocycles. The highest BCUT2D eigenvalue weighted by atomic mass is 35.5. The van der Waals surface area contributed by atoms with Gasteiger partial charge in [0, 0.05) is 43.3 Å². The molecular formula is C63H99ClN12O19. The van der Waals surface area contributed by atoms with Crippen molar-refractivity contribution >= 4 is 94.1 Å². The molecule has 0 unspecified atom stereocenters.